The highest BCUT2D eigenvalue weighted by Gasteiger charge is 2.30. The maximum absolute atomic E-state index is 10.4. The summed E-state index contributed by atoms with van der Waals surface area (Å²) in [6.07, 6.45) is 0. The van der Waals surface area contributed by atoms with E-state index >= 15 is 0 Å². The fraction of sp³-hybridized carbons (Fsp3) is 0. The van der Waals surface area contributed by atoms with Gasteiger partial charge in [0.05, 0.1) is 0 Å². The molecular formula is C7H4O4. The summed E-state index contributed by atoms with van der Waals surface area (Å²) in [5.41, 5.74) is -0.150. The van der Waals surface area contributed by atoms with Crippen LogP contribution in [0.3, 0.4) is 0 Å². The molecule has 2 rings (SSSR count). The van der Waals surface area contributed by atoms with Gasteiger partial charge in [-0.15, -0.1) is 0 Å². The Morgan fingerprint density at radius 1 is 1.45 bits per heavy atom. The lowest BCUT2D eigenvalue weighted by Gasteiger charge is -1.91. The molecule has 56 valence electrons. The summed E-state index contributed by atoms with van der Waals surface area (Å²) in [5, 5.41) is 17.6. The van der Waals surface area contributed by atoms with Crippen LogP contribution in [0.4, 0.5) is 0 Å². The number of ether oxygens (including phenoxy) is 1. The van der Waals surface area contributed by atoms with Crippen molar-refractivity contribution in [1.82, 2.24) is 0 Å². The van der Waals surface area contributed by atoms with Crippen LogP contribution in [0.2, 0.25) is 0 Å². The first kappa shape index (κ1) is 6.03. The molecule has 0 saturated carbocycles. The molecule has 0 bridgehead atoms. The summed E-state index contributed by atoms with van der Waals surface area (Å²) in [6.45, 7) is 0. The van der Waals surface area contributed by atoms with E-state index in [1.165, 1.54) is 12.1 Å². The molecule has 0 atom stereocenters. The molecule has 1 aromatic rings. The number of hydrogen-bond acceptors (Lipinski definition) is 3. The molecule has 0 aromatic heterocycles. The fourth-order valence-corrected chi connectivity index (χ4v) is 0.929. The maximum Gasteiger partial charge on any atom is 0.343 e. The minimum atomic E-state index is -1.17. The van der Waals surface area contributed by atoms with Gasteiger partial charge in [0.2, 0.25) is 0 Å². The van der Waals surface area contributed by atoms with E-state index in [0.29, 0.717) is 5.75 Å². The largest absolute Gasteiger partial charge is 0.507 e. The number of benzene rings is 1. The maximum atomic E-state index is 10.4. The van der Waals surface area contributed by atoms with Gasteiger partial charge in [-0.1, -0.05) is 0 Å². The van der Waals surface area contributed by atoms with Gasteiger partial charge in [0.15, 0.2) is 11.5 Å². The Morgan fingerprint density at radius 3 is 2.73 bits per heavy atom. The summed E-state index contributed by atoms with van der Waals surface area (Å²) in [5.74, 6) is -0.622. The number of aromatic carboxylic acids is 1. The zero-order valence-electron chi connectivity index (χ0n) is 5.37. The van der Waals surface area contributed by atoms with Crippen molar-refractivity contribution in [2.24, 2.45) is 0 Å². The predicted octanol–water partition coefficient (Wildman–Crippen LogP) is 1.20. The highest BCUT2D eigenvalue weighted by atomic mass is 16.6. The van der Waals surface area contributed by atoms with Gasteiger partial charge < -0.3 is 14.9 Å². The summed E-state index contributed by atoms with van der Waals surface area (Å²) in [6, 6.07) is 2.83. The third kappa shape index (κ3) is 0.724. The van der Waals surface area contributed by atoms with Crippen LogP contribution in [0.1, 0.15) is 10.4 Å². The molecule has 0 fully saturated rings. The summed E-state index contributed by atoms with van der Waals surface area (Å²) in [4.78, 5) is 10.4. The van der Waals surface area contributed by atoms with Crippen LogP contribution in [-0.2, 0) is 0 Å². The van der Waals surface area contributed by atoms with Crippen LogP contribution >= 0.6 is 0 Å². The lowest BCUT2D eigenvalue weighted by atomic mass is 10.2. The summed E-state index contributed by atoms with van der Waals surface area (Å²) in [7, 11) is 0. The average molecular weight is 152 g/mol. The summed E-state index contributed by atoms with van der Waals surface area (Å²) < 4.78 is 4.77. The molecule has 0 aliphatic carbocycles. The van der Waals surface area contributed by atoms with Gasteiger partial charge in [-0.05, 0) is 12.1 Å². The Labute approximate surface area is 61.7 Å². The van der Waals surface area contributed by atoms with Crippen molar-refractivity contribution >= 4 is 5.97 Å². The quantitative estimate of drug-likeness (QED) is 0.602. The zero-order valence-corrected chi connectivity index (χ0v) is 5.37. The number of phenols is 1. The van der Waals surface area contributed by atoms with Gasteiger partial charge in [-0.2, -0.15) is 0 Å². The van der Waals surface area contributed by atoms with Gasteiger partial charge in [-0.25, -0.2) is 4.79 Å². The third-order valence-corrected chi connectivity index (χ3v) is 1.48. The Balaban J connectivity index is 2.64. The van der Waals surface area contributed by atoms with Gasteiger partial charge >= 0.3 is 5.97 Å². The van der Waals surface area contributed by atoms with Crippen LogP contribution in [0.15, 0.2) is 12.1 Å². The number of fused-ring (bicyclic) bond motifs is 1. The molecule has 0 saturated heterocycles. The smallest absolute Gasteiger partial charge is 0.343 e. The minimum absolute atomic E-state index is 0.150. The highest BCUT2D eigenvalue weighted by Crippen LogP contribution is 2.50. The van der Waals surface area contributed by atoms with Crippen molar-refractivity contribution in [2.45, 2.75) is 0 Å². The van der Waals surface area contributed by atoms with Crippen molar-refractivity contribution in [3.8, 4) is 17.2 Å². The van der Waals surface area contributed by atoms with Gasteiger partial charge in [0, 0.05) is 0 Å². The molecule has 2 N–H and O–H groups in total. The van der Waals surface area contributed by atoms with Crippen LogP contribution < -0.4 is 4.74 Å². The standard InChI is InChI=1S/C7H4O4/c8-3-1-2-4-6(11-4)5(3)7(9)10/h1-2,8H,(H,9,10). The molecule has 1 aliphatic rings. The SMILES string of the molecule is O=C(O)c1c(O)ccc2c1O2. The molecule has 4 heteroatoms. The van der Waals surface area contributed by atoms with Crippen LogP contribution in [-0.4, -0.2) is 16.2 Å². The van der Waals surface area contributed by atoms with E-state index in [4.69, 9.17) is 14.9 Å². The lowest BCUT2D eigenvalue weighted by Crippen LogP contribution is -1.93. The van der Waals surface area contributed by atoms with E-state index in [0.717, 1.165) is 0 Å². The number of carboxylic acids is 1. The molecule has 11 heavy (non-hydrogen) atoms. The molecule has 1 aliphatic heterocycles. The Bertz CT molecular complexity index is 339. The van der Waals surface area contributed by atoms with Crippen molar-refractivity contribution in [3.05, 3.63) is 17.7 Å². The second-order valence-electron chi connectivity index (χ2n) is 2.19. The van der Waals surface area contributed by atoms with E-state index in [-0.39, 0.29) is 17.1 Å². The summed E-state index contributed by atoms with van der Waals surface area (Å²) >= 11 is 0. The number of carboxylic acid groups (broad SMARTS) is 1. The fourth-order valence-electron chi connectivity index (χ4n) is 0.929. The van der Waals surface area contributed by atoms with Crippen LogP contribution in [0.5, 0.6) is 17.2 Å². The van der Waals surface area contributed by atoms with E-state index in [1.807, 2.05) is 0 Å². The number of carbonyl (C=O) groups is 1. The van der Waals surface area contributed by atoms with Crippen LogP contribution in [0.25, 0.3) is 0 Å². The van der Waals surface area contributed by atoms with E-state index in [9.17, 15) is 4.79 Å². The van der Waals surface area contributed by atoms with E-state index in [2.05, 4.69) is 0 Å². The molecule has 0 amide bonds. The van der Waals surface area contributed by atoms with Gasteiger partial charge in [0.1, 0.15) is 11.3 Å². The minimum Gasteiger partial charge on any atom is -0.507 e. The average Bonchev–Trinajstić information content (AvgIpc) is 2.64. The van der Waals surface area contributed by atoms with Gasteiger partial charge in [-0.3, -0.25) is 0 Å². The predicted molar refractivity (Wildman–Crippen MR) is 35.1 cm³/mol. The van der Waals surface area contributed by atoms with E-state index in [1.54, 1.807) is 0 Å². The normalized spacial score (nSPS) is 11.6. The first-order valence-corrected chi connectivity index (χ1v) is 2.97. The van der Waals surface area contributed by atoms with Crippen molar-refractivity contribution in [2.75, 3.05) is 0 Å². The number of hydrogen-bond donors (Lipinski definition) is 2. The van der Waals surface area contributed by atoms with Crippen LogP contribution in [0, 0.1) is 0 Å². The molecule has 4 nitrogen and oxygen atoms in total. The van der Waals surface area contributed by atoms with Crippen molar-refractivity contribution < 1.29 is 19.7 Å². The first-order valence-electron chi connectivity index (χ1n) is 2.97. The Kier molecular flexibility index (Phi) is 0.910. The molecule has 0 unspecified atom stereocenters. The number of rotatable bonds is 1. The Hall–Kier alpha value is -1.71. The number of aromatic hydroxyl groups is 1. The zero-order chi connectivity index (χ0) is 8.01. The Morgan fingerprint density at radius 2 is 2.18 bits per heavy atom. The highest BCUT2D eigenvalue weighted by molar-refractivity contribution is 5.97. The molecular weight excluding hydrogens is 148 g/mol. The topological polar surface area (TPSA) is 70.1 Å². The monoisotopic (exact) mass is 152 g/mol. The van der Waals surface area contributed by atoms with Crippen molar-refractivity contribution in [3.63, 3.8) is 0 Å². The molecule has 1 heterocycles. The second-order valence-corrected chi connectivity index (χ2v) is 2.19. The van der Waals surface area contributed by atoms with Crippen molar-refractivity contribution in [1.29, 1.82) is 0 Å². The van der Waals surface area contributed by atoms with E-state index < -0.39 is 5.97 Å². The second kappa shape index (κ2) is 1.66. The molecule has 1 aromatic carbocycles. The third-order valence-electron chi connectivity index (χ3n) is 1.48. The molecule has 0 radical (unpaired) electrons. The molecule has 0 spiro atoms. The van der Waals surface area contributed by atoms with Gasteiger partial charge in [0.25, 0.3) is 0 Å². The first-order chi connectivity index (χ1) is 5.20. The lowest BCUT2D eigenvalue weighted by molar-refractivity contribution is 0.0693.